The van der Waals surface area contributed by atoms with E-state index in [0.717, 1.165) is 0 Å². The van der Waals surface area contributed by atoms with Crippen LogP contribution in [0.3, 0.4) is 0 Å². The lowest BCUT2D eigenvalue weighted by molar-refractivity contribution is 0.0994. The van der Waals surface area contributed by atoms with Gasteiger partial charge in [-0.05, 0) is 32.9 Å². The summed E-state index contributed by atoms with van der Waals surface area (Å²) in [6.45, 7) is 5.86. The number of amides is 1. The summed E-state index contributed by atoms with van der Waals surface area (Å²) in [4.78, 5) is 19.6. The molecule has 0 saturated carbocycles. The fourth-order valence-corrected chi connectivity index (χ4v) is 2.25. The Balaban J connectivity index is 2.65. The van der Waals surface area contributed by atoms with Crippen LogP contribution in [0.15, 0.2) is 23.5 Å². The van der Waals surface area contributed by atoms with Crippen LogP contribution in [0.5, 0.6) is 0 Å². The topological polar surface area (TPSA) is 104 Å². The summed E-state index contributed by atoms with van der Waals surface area (Å²) in [5.74, 6) is -0.604. The quantitative estimate of drug-likeness (QED) is 0.850. The van der Waals surface area contributed by atoms with E-state index >= 15 is 0 Å². The van der Waals surface area contributed by atoms with Crippen molar-refractivity contribution >= 4 is 16.7 Å². The van der Waals surface area contributed by atoms with Gasteiger partial charge in [0.2, 0.25) is 5.16 Å². The maximum absolute atomic E-state index is 11.5. The molecule has 1 amide bonds. The average molecular weight is 307 g/mol. The molecule has 0 aliphatic rings. The largest absolute Gasteiger partial charge is 0.364 e. The number of carbonyl (C=O) groups is 1. The summed E-state index contributed by atoms with van der Waals surface area (Å²) < 4.78 is 13.2. The van der Waals surface area contributed by atoms with E-state index in [1.54, 1.807) is 16.8 Å². The van der Waals surface area contributed by atoms with Gasteiger partial charge >= 0.3 is 0 Å². The number of aromatic nitrogens is 4. The van der Waals surface area contributed by atoms with Crippen molar-refractivity contribution < 1.29 is 9.00 Å². The molecular weight excluding hydrogens is 290 g/mol. The molecule has 0 aliphatic carbocycles. The summed E-state index contributed by atoms with van der Waals surface area (Å²) in [6.07, 6.45) is 3.04. The first-order valence-electron chi connectivity index (χ1n) is 6.27. The van der Waals surface area contributed by atoms with E-state index in [1.165, 1.54) is 12.5 Å². The summed E-state index contributed by atoms with van der Waals surface area (Å²) >= 11 is 0. The zero-order valence-corrected chi connectivity index (χ0v) is 13.1. The Kier molecular flexibility index (Phi) is 3.91. The molecule has 1 unspecified atom stereocenters. The van der Waals surface area contributed by atoms with Gasteiger partial charge in [0, 0.05) is 12.5 Å². The van der Waals surface area contributed by atoms with Crippen molar-refractivity contribution in [2.24, 2.45) is 5.73 Å². The molecule has 1 atom stereocenters. The Morgan fingerprint density at radius 1 is 1.38 bits per heavy atom. The van der Waals surface area contributed by atoms with E-state index in [1.807, 2.05) is 20.8 Å². The predicted octanol–water partition coefficient (Wildman–Crippen LogP) is 0.931. The highest BCUT2D eigenvalue weighted by molar-refractivity contribution is 7.84. The normalized spacial score (nSPS) is 13.1. The number of rotatable bonds is 3. The third-order valence-electron chi connectivity index (χ3n) is 2.75. The van der Waals surface area contributed by atoms with Crippen molar-refractivity contribution in [3.63, 3.8) is 0 Å². The van der Waals surface area contributed by atoms with Gasteiger partial charge < -0.3 is 5.73 Å². The minimum absolute atomic E-state index is 0.165. The summed E-state index contributed by atoms with van der Waals surface area (Å²) in [7, 11) is -1.29. The SMILES string of the molecule is CS(=O)c1nccc(-c2cc(C(N)=O)nn2C(C)(C)C)n1. The average Bonchev–Trinajstić information content (AvgIpc) is 2.84. The minimum atomic E-state index is -1.29. The Labute approximate surface area is 125 Å². The third kappa shape index (κ3) is 3.15. The van der Waals surface area contributed by atoms with Crippen molar-refractivity contribution in [3.05, 3.63) is 24.0 Å². The Morgan fingerprint density at radius 3 is 2.57 bits per heavy atom. The van der Waals surface area contributed by atoms with Gasteiger partial charge in [0.15, 0.2) is 5.69 Å². The summed E-state index contributed by atoms with van der Waals surface area (Å²) in [5, 5.41) is 4.47. The third-order valence-corrected chi connectivity index (χ3v) is 3.46. The fraction of sp³-hybridized carbons (Fsp3) is 0.385. The van der Waals surface area contributed by atoms with Crippen LogP contribution in [0.2, 0.25) is 0 Å². The second-order valence-electron chi connectivity index (χ2n) is 5.54. The van der Waals surface area contributed by atoms with Gasteiger partial charge in [-0.25, -0.2) is 9.97 Å². The molecule has 2 aromatic heterocycles. The van der Waals surface area contributed by atoms with Crippen LogP contribution in [0.1, 0.15) is 31.3 Å². The van der Waals surface area contributed by atoms with Gasteiger partial charge in [0.05, 0.1) is 27.7 Å². The van der Waals surface area contributed by atoms with Gasteiger partial charge in [-0.3, -0.25) is 13.7 Å². The smallest absolute Gasteiger partial charge is 0.269 e. The molecule has 8 heteroatoms. The van der Waals surface area contributed by atoms with Crippen molar-refractivity contribution in [2.75, 3.05) is 6.26 Å². The van der Waals surface area contributed by atoms with Gasteiger partial charge in [-0.1, -0.05) is 0 Å². The molecule has 2 aromatic rings. The highest BCUT2D eigenvalue weighted by atomic mass is 32.2. The second kappa shape index (κ2) is 5.36. The van der Waals surface area contributed by atoms with Crippen molar-refractivity contribution in [1.29, 1.82) is 0 Å². The number of nitrogens with zero attached hydrogens (tertiary/aromatic N) is 4. The standard InChI is InChI=1S/C13H17N5O2S/c1-13(2,3)18-10(7-9(17-18)11(14)19)8-5-6-15-12(16-8)21(4)20/h5-7H,1-4H3,(H2,14,19). The molecule has 0 bridgehead atoms. The molecule has 0 fully saturated rings. The van der Waals surface area contributed by atoms with Crippen LogP contribution >= 0.6 is 0 Å². The van der Waals surface area contributed by atoms with Gasteiger partial charge in [-0.2, -0.15) is 5.10 Å². The highest BCUT2D eigenvalue weighted by Crippen LogP contribution is 2.25. The van der Waals surface area contributed by atoms with E-state index in [-0.39, 0.29) is 16.4 Å². The molecule has 0 spiro atoms. The predicted molar refractivity (Wildman–Crippen MR) is 79.1 cm³/mol. The first kappa shape index (κ1) is 15.3. The number of primary amides is 1. The second-order valence-corrected chi connectivity index (χ2v) is 6.81. The molecule has 2 N–H and O–H groups in total. The number of carbonyl (C=O) groups excluding carboxylic acids is 1. The molecule has 0 aromatic carbocycles. The van der Waals surface area contributed by atoms with Crippen molar-refractivity contribution in [3.8, 4) is 11.4 Å². The molecule has 0 aliphatic heterocycles. The number of hydrogen-bond acceptors (Lipinski definition) is 5. The maximum atomic E-state index is 11.5. The van der Waals surface area contributed by atoms with E-state index in [9.17, 15) is 9.00 Å². The van der Waals surface area contributed by atoms with Gasteiger partial charge in [-0.15, -0.1) is 0 Å². The highest BCUT2D eigenvalue weighted by Gasteiger charge is 2.23. The molecule has 112 valence electrons. The minimum Gasteiger partial charge on any atom is -0.364 e. The summed E-state index contributed by atoms with van der Waals surface area (Å²) in [6, 6.07) is 3.26. The van der Waals surface area contributed by atoms with E-state index in [2.05, 4.69) is 15.1 Å². The molecule has 0 radical (unpaired) electrons. The van der Waals surface area contributed by atoms with E-state index < -0.39 is 16.7 Å². The van der Waals surface area contributed by atoms with Gasteiger partial charge in [0.25, 0.3) is 5.91 Å². The monoisotopic (exact) mass is 307 g/mol. The lowest BCUT2D eigenvalue weighted by Crippen LogP contribution is -2.25. The number of nitrogens with two attached hydrogens (primary N) is 1. The zero-order chi connectivity index (χ0) is 15.8. The lowest BCUT2D eigenvalue weighted by atomic mass is 10.1. The van der Waals surface area contributed by atoms with Crippen molar-refractivity contribution in [1.82, 2.24) is 19.7 Å². The summed E-state index contributed by atoms with van der Waals surface area (Å²) in [5.41, 5.74) is 6.28. The molecule has 7 nitrogen and oxygen atoms in total. The molecule has 2 rings (SSSR count). The van der Waals surface area contributed by atoms with Gasteiger partial charge in [0.1, 0.15) is 0 Å². The first-order valence-corrected chi connectivity index (χ1v) is 7.83. The Hall–Kier alpha value is -2.09. The first-order chi connectivity index (χ1) is 9.70. The van der Waals surface area contributed by atoms with E-state index in [0.29, 0.717) is 11.4 Å². The molecule has 0 saturated heterocycles. The maximum Gasteiger partial charge on any atom is 0.269 e. The van der Waals surface area contributed by atoms with Crippen molar-refractivity contribution in [2.45, 2.75) is 31.5 Å². The zero-order valence-electron chi connectivity index (χ0n) is 12.3. The van der Waals surface area contributed by atoms with Crippen LogP contribution in [0.25, 0.3) is 11.4 Å². The lowest BCUT2D eigenvalue weighted by Gasteiger charge is -2.22. The Morgan fingerprint density at radius 2 is 2.05 bits per heavy atom. The van der Waals surface area contributed by atoms with Crippen LogP contribution in [0, 0.1) is 0 Å². The van der Waals surface area contributed by atoms with E-state index in [4.69, 9.17) is 5.73 Å². The van der Waals surface area contributed by atoms with Crippen LogP contribution in [-0.2, 0) is 16.3 Å². The molecule has 2 heterocycles. The van der Waals surface area contributed by atoms with Crippen LogP contribution in [-0.4, -0.2) is 36.1 Å². The van der Waals surface area contributed by atoms with Crippen LogP contribution in [0.4, 0.5) is 0 Å². The molecule has 21 heavy (non-hydrogen) atoms. The molecular formula is C13H17N5O2S. The fourth-order valence-electron chi connectivity index (χ4n) is 1.82. The number of hydrogen-bond donors (Lipinski definition) is 1. The van der Waals surface area contributed by atoms with Crippen LogP contribution < -0.4 is 5.73 Å². The Bertz CT molecular complexity index is 718.